The van der Waals surface area contributed by atoms with Crippen molar-refractivity contribution in [3.8, 4) is 11.1 Å². The number of aliphatic imine (C=N–C) groups is 1. The van der Waals surface area contributed by atoms with Crippen LogP contribution in [0.1, 0.15) is 13.8 Å². The number of hydrogen-bond donors (Lipinski definition) is 2. The van der Waals surface area contributed by atoms with Gasteiger partial charge in [0.15, 0.2) is 5.96 Å². The number of nitrogens with one attached hydrogen (secondary N) is 1. The van der Waals surface area contributed by atoms with Gasteiger partial charge < -0.3 is 11.1 Å². The van der Waals surface area contributed by atoms with Crippen LogP contribution in [0, 0.1) is 5.92 Å². The fourth-order valence-electron chi connectivity index (χ4n) is 1.92. The Bertz CT molecular complexity index is 574. The quantitative estimate of drug-likeness (QED) is 0.655. The Morgan fingerprint density at radius 1 is 1.05 bits per heavy atom. The fraction of sp³-hybridized carbons (Fsp3) is 0.235. The lowest BCUT2D eigenvalue weighted by Gasteiger charge is -2.12. The molecule has 0 spiro atoms. The second-order valence-corrected chi connectivity index (χ2v) is 5.16. The molecule has 3 N–H and O–H groups in total. The Morgan fingerprint density at radius 2 is 1.70 bits per heavy atom. The van der Waals surface area contributed by atoms with Crippen molar-refractivity contribution in [3.05, 3.63) is 54.6 Å². The van der Waals surface area contributed by atoms with Gasteiger partial charge in [-0.1, -0.05) is 62.4 Å². The summed E-state index contributed by atoms with van der Waals surface area (Å²) in [6, 6.07) is 18.3. The van der Waals surface area contributed by atoms with E-state index in [1.54, 1.807) is 0 Å². The van der Waals surface area contributed by atoms with Crippen LogP contribution >= 0.6 is 0 Å². The average molecular weight is 267 g/mol. The van der Waals surface area contributed by atoms with Gasteiger partial charge in [-0.15, -0.1) is 0 Å². The molecule has 3 heteroatoms. The van der Waals surface area contributed by atoms with Crippen LogP contribution in [0.25, 0.3) is 11.1 Å². The molecule has 0 saturated heterocycles. The van der Waals surface area contributed by atoms with Crippen molar-refractivity contribution in [2.24, 2.45) is 16.6 Å². The molecule has 0 amide bonds. The lowest BCUT2D eigenvalue weighted by molar-refractivity contribution is 0.665. The van der Waals surface area contributed by atoms with Crippen molar-refractivity contribution < 1.29 is 0 Å². The van der Waals surface area contributed by atoms with Crippen LogP contribution in [0.2, 0.25) is 0 Å². The molecule has 2 aromatic rings. The summed E-state index contributed by atoms with van der Waals surface area (Å²) < 4.78 is 0. The molecule has 0 aliphatic rings. The number of para-hydroxylation sites is 1. The summed E-state index contributed by atoms with van der Waals surface area (Å²) in [6.45, 7) is 4.97. The van der Waals surface area contributed by atoms with Gasteiger partial charge in [0.1, 0.15) is 0 Å². The van der Waals surface area contributed by atoms with E-state index in [0.29, 0.717) is 11.9 Å². The molecule has 0 aliphatic heterocycles. The Balaban J connectivity index is 2.23. The number of nitrogens with two attached hydrogens (primary N) is 1. The molecule has 0 bridgehead atoms. The summed E-state index contributed by atoms with van der Waals surface area (Å²) in [5.74, 6) is 0.960. The molecule has 0 unspecified atom stereocenters. The molecular weight excluding hydrogens is 246 g/mol. The summed E-state index contributed by atoms with van der Waals surface area (Å²) >= 11 is 0. The second-order valence-electron chi connectivity index (χ2n) is 5.16. The first-order valence-electron chi connectivity index (χ1n) is 6.88. The third kappa shape index (κ3) is 3.85. The van der Waals surface area contributed by atoms with Crippen LogP contribution in [0.15, 0.2) is 59.6 Å². The molecule has 3 nitrogen and oxygen atoms in total. The molecule has 0 radical (unpaired) electrons. The van der Waals surface area contributed by atoms with E-state index in [0.717, 1.165) is 23.4 Å². The van der Waals surface area contributed by atoms with E-state index in [-0.39, 0.29) is 0 Å². The van der Waals surface area contributed by atoms with E-state index in [9.17, 15) is 0 Å². The summed E-state index contributed by atoms with van der Waals surface area (Å²) in [5, 5.41) is 3.19. The molecule has 0 fully saturated rings. The smallest absolute Gasteiger partial charge is 0.193 e. The predicted molar refractivity (Wildman–Crippen MR) is 86.8 cm³/mol. The molecule has 104 valence electrons. The van der Waals surface area contributed by atoms with Gasteiger partial charge in [-0.3, -0.25) is 4.99 Å². The molecule has 0 atom stereocenters. The molecule has 2 rings (SSSR count). The van der Waals surface area contributed by atoms with Crippen LogP contribution in [0.4, 0.5) is 5.69 Å². The molecule has 0 heterocycles. The Labute approximate surface area is 120 Å². The first-order chi connectivity index (χ1) is 9.66. The minimum absolute atomic E-state index is 0.460. The normalized spacial score (nSPS) is 11.7. The standard InChI is InChI=1S/C17H21N3/c1-13(2)12-19-17(18)20-16-11-7-6-10-15(16)14-8-4-3-5-9-14/h3-11,13H,12H2,1-2H3,(H3,18,19,20). The van der Waals surface area contributed by atoms with Crippen LogP contribution in [0.3, 0.4) is 0 Å². The lowest BCUT2D eigenvalue weighted by atomic mass is 10.0. The van der Waals surface area contributed by atoms with E-state index < -0.39 is 0 Å². The van der Waals surface area contributed by atoms with E-state index in [1.807, 2.05) is 36.4 Å². The van der Waals surface area contributed by atoms with Crippen LogP contribution < -0.4 is 11.1 Å². The maximum atomic E-state index is 5.94. The monoisotopic (exact) mass is 267 g/mol. The highest BCUT2D eigenvalue weighted by Crippen LogP contribution is 2.27. The topological polar surface area (TPSA) is 50.4 Å². The third-order valence-corrected chi connectivity index (χ3v) is 2.90. The van der Waals surface area contributed by atoms with Crippen LogP contribution in [-0.4, -0.2) is 12.5 Å². The number of guanidine groups is 1. The van der Waals surface area contributed by atoms with Gasteiger partial charge in [-0.2, -0.15) is 0 Å². The van der Waals surface area contributed by atoms with Crippen molar-refractivity contribution in [1.29, 1.82) is 0 Å². The zero-order chi connectivity index (χ0) is 14.4. The van der Waals surface area contributed by atoms with Gasteiger partial charge in [0.05, 0.1) is 0 Å². The fourth-order valence-corrected chi connectivity index (χ4v) is 1.92. The minimum atomic E-state index is 0.460. The van der Waals surface area contributed by atoms with E-state index in [2.05, 4.69) is 42.4 Å². The predicted octanol–water partition coefficient (Wildman–Crippen LogP) is 3.74. The zero-order valence-electron chi connectivity index (χ0n) is 12.0. The number of rotatable bonds is 4. The van der Waals surface area contributed by atoms with Gasteiger partial charge in [-0.05, 0) is 17.5 Å². The molecule has 0 aromatic heterocycles. The number of nitrogens with zero attached hydrogens (tertiary/aromatic N) is 1. The van der Waals surface area contributed by atoms with Crippen molar-refractivity contribution in [2.75, 3.05) is 11.9 Å². The molecule has 2 aromatic carbocycles. The first-order valence-corrected chi connectivity index (χ1v) is 6.88. The van der Waals surface area contributed by atoms with E-state index >= 15 is 0 Å². The molecule has 0 saturated carbocycles. The largest absolute Gasteiger partial charge is 0.370 e. The maximum Gasteiger partial charge on any atom is 0.193 e. The zero-order valence-corrected chi connectivity index (χ0v) is 12.0. The summed E-state index contributed by atoms with van der Waals surface area (Å²) in [4.78, 5) is 4.34. The summed E-state index contributed by atoms with van der Waals surface area (Å²) in [7, 11) is 0. The number of benzene rings is 2. The minimum Gasteiger partial charge on any atom is -0.370 e. The highest BCUT2D eigenvalue weighted by Gasteiger charge is 2.04. The molecule has 0 aliphatic carbocycles. The lowest BCUT2D eigenvalue weighted by Crippen LogP contribution is -2.23. The highest BCUT2D eigenvalue weighted by molar-refractivity contribution is 5.96. The van der Waals surface area contributed by atoms with Gasteiger partial charge in [-0.25, -0.2) is 0 Å². The van der Waals surface area contributed by atoms with Gasteiger partial charge in [0.2, 0.25) is 0 Å². The van der Waals surface area contributed by atoms with E-state index in [1.165, 1.54) is 0 Å². The van der Waals surface area contributed by atoms with Gasteiger partial charge in [0, 0.05) is 17.8 Å². The van der Waals surface area contributed by atoms with Crippen LogP contribution in [-0.2, 0) is 0 Å². The SMILES string of the molecule is CC(C)CN=C(N)Nc1ccccc1-c1ccccc1. The van der Waals surface area contributed by atoms with E-state index in [4.69, 9.17) is 5.73 Å². The summed E-state index contributed by atoms with van der Waals surface area (Å²) in [5.41, 5.74) is 9.20. The number of anilines is 1. The molecule has 20 heavy (non-hydrogen) atoms. The highest BCUT2D eigenvalue weighted by atomic mass is 15.1. The van der Waals surface area contributed by atoms with Crippen molar-refractivity contribution in [2.45, 2.75) is 13.8 Å². The Morgan fingerprint density at radius 3 is 2.40 bits per heavy atom. The van der Waals surface area contributed by atoms with Gasteiger partial charge in [0.25, 0.3) is 0 Å². The third-order valence-electron chi connectivity index (χ3n) is 2.90. The molecular formula is C17H21N3. The van der Waals surface area contributed by atoms with Gasteiger partial charge >= 0.3 is 0 Å². The van der Waals surface area contributed by atoms with Crippen molar-refractivity contribution in [3.63, 3.8) is 0 Å². The Kier molecular flexibility index (Phi) is 4.77. The summed E-state index contributed by atoms with van der Waals surface area (Å²) in [6.07, 6.45) is 0. The van der Waals surface area contributed by atoms with Crippen molar-refractivity contribution >= 4 is 11.6 Å². The maximum absolute atomic E-state index is 5.94. The first kappa shape index (κ1) is 14.1. The Hall–Kier alpha value is -2.29. The number of hydrogen-bond acceptors (Lipinski definition) is 1. The van der Waals surface area contributed by atoms with Crippen molar-refractivity contribution in [1.82, 2.24) is 0 Å². The van der Waals surface area contributed by atoms with Crippen LogP contribution in [0.5, 0.6) is 0 Å². The second kappa shape index (κ2) is 6.75. The average Bonchev–Trinajstić information content (AvgIpc) is 2.47.